The molecule has 0 saturated heterocycles. The van der Waals surface area contributed by atoms with Crippen LogP contribution in [0.1, 0.15) is 77.1 Å². The fourth-order valence-corrected chi connectivity index (χ4v) is 4.29. The minimum Gasteiger partial charge on any atom is -0.508 e. The molecule has 4 N–H and O–H groups in total. The van der Waals surface area contributed by atoms with Crippen molar-refractivity contribution >= 4 is 17.9 Å². The third-order valence-corrected chi connectivity index (χ3v) is 6.12. The quantitative estimate of drug-likeness (QED) is 0.391. The third kappa shape index (κ3) is 8.63. The Balaban J connectivity index is 2.04. The number of alkyl carbamates (subject to hydrolysis) is 1. The van der Waals surface area contributed by atoms with Crippen LogP contribution >= 0.6 is 0 Å². The van der Waals surface area contributed by atoms with E-state index >= 15 is 0 Å². The lowest BCUT2D eigenvalue weighted by molar-refractivity contribution is -0.143. The fourth-order valence-electron chi connectivity index (χ4n) is 4.29. The molecule has 0 aliphatic heterocycles. The molecule has 0 bridgehead atoms. The molecule has 9 nitrogen and oxygen atoms in total. The Kier molecular flexibility index (Phi) is 8.83. The summed E-state index contributed by atoms with van der Waals surface area (Å²) in [5, 5.41) is 25.6. The lowest BCUT2D eigenvalue weighted by atomic mass is 9.97. The summed E-state index contributed by atoms with van der Waals surface area (Å²) in [7, 11) is 0. The third-order valence-electron chi connectivity index (χ3n) is 6.12. The molecule has 9 heteroatoms. The summed E-state index contributed by atoms with van der Waals surface area (Å²) in [6.07, 6.45) is 0.830. The number of hydrogen-bond donors (Lipinski definition) is 4. The van der Waals surface area contributed by atoms with Gasteiger partial charge < -0.3 is 30.5 Å². The molecule has 2 atom stereocenters. The van der Waals surface area contributed by atoms with Crippen molar-refractivity contribution in [2.24, 2.45) is 0 Å². The van der Waals surface area contributed by atoms with E-state index in [4.69, 9.17) is 4.74 Å². The van der Waals surface area contributed by atoms with E-state index in [2.05, 4.69) is 10.6 Å². The van der Waals surface area contributed by atoms with Gasteiger partial charge in [0, 0.05) is 18.0 Å². The predicted octanol–water partition coefficient (Wildman–Crippen LogP) is 4.49. The number of nitrogens with one attached hydrogen (secondary N) is 2. The molecular weight excluding hydrogens is 498 g/mol. The molecule has 0 radical (unpaired) electrons. The topological polar surface area (TPSA) is 128 Å². The monoisotopic (exact) mass is 539 g/mol. The van der Waals surface area contributed by atoms with Crippen LogP contribution in [-0.2, 0) is 20.7 Å². The van der Waals surface area contributed by atoms with Crippen LogP contribution < -0.4 is 10.6 Å². The molecule has 1 aliphatic carbocycles. The smallest absolute Gasteiger partial charge is 0.408 e. The Morgan fingerprint density at radius 1 is 1.00 bits per heavy atom. The van der Waals surface area contributed by atoms with Gasteiger partial charge in [-0.3, -0.25) is 9.59 Å². The maximum absolute atomic E-state index is 14.3. The van der Waals surface area contributed by atoms with Gasteiger partial charge in [-0.25, -0.2) is 4.79 Å². The van der Waals surface area contributed by atoms with Gasteiger partial charge in [0.25, 0.3) is 0 Å². The molecule has 39 heavy (non-hydrogen) atoms. The molecule has 1 fully saturated rings. The highest BCUT2D eigenvalue weighted by molar-refractivity contribution is 5.93. The molecule has 212 valence electrons. The molecule has 2 unspecified atom stereocenters. The van der Waals surface area contributed by atoms with Gasteiger partial charge in [-0.05, 0) is 102 Å². The summed E-state index contributed by atoms with van der Waals surface area (Å²) in [6, 6.07) is 9.07. The summed E-state index contributed by atoms with van der Waals surface area (Å²) in [5.74, 6) is -0.595. The van der Waals surface area contributed by atoms with E-state index in [1.807, 2.05) is 20.8 Å². The van der Waals surface area contributed by atoms with Crippen molar-refractivity contribution in [2.75, 3.05) is 0 Å². The first-order valence-electron chi connectivity index (χ1n) is 13.3. The molecule has 0 aromatic heterocycles. The van der Waals surface area contributed by atoms with Crippen LogP contribution in [0.3, 0.4) is 0 Å². The van der Waals surface area contributed by atoms with E-state index in [1.54, 1.807) is 56.9 Å². The van der Waals surface area contributed by atoms with Crippen molar-refractivity contribution in [2.45, 2.75) is 97.0 Å². The van der Waals surface area contributed by atoms with Gasteiger partial charge in [0.1, 0.15) is 29.2 Å². The molecule has 1 saturated carbocycles. The average molecular weight is 540 g/mol. The normalized spacial score (nSPS) is 15.2. The summed E-state index contributed by atoms with van der Waals surface area (Å²) < 4.78 is 5.45. The molecular formula is C30H41N3O6. The first kappa shape index (κ1) is 29.8. The fraction of sp³-hybridized carbons (Fsp3) is 0.500. The van der Waals surface area contributed by atoms with Gasteiger partial charge >= 0.3 is 6.09 Å². The van der Waals surface area contributed by atoms with Crippen molar-refractivity contribution in [3.63, 3.8) is 0 Å². The van der Waals surface area contributed by atoms with Crippen LogP contribution in [0.25, 0.3) is 0 Å². The zero-order valence-corrected chi connectivity index (χ0v) is 23.9. The van der Waals surface area contributed by atoms with Crippen LogP contribution in [0.4, 0.5) is 4.79 Å². The van der Waals surface area contributed by atoms with E-state index in [1.165, 1.54) is 18.2 Å². The number of amides is 3. The lowest BCUT2D eigenvalue weighted by Gasteiger charge is -2.36. The Morgan fingerprint density at radius 3 is 2.13 bits per heavy atom. The summed E-state index contributed by atoms with van der Waals surface area (Å²) in [4.78, 5) is 42.4. The standard InChI is InChI=1S/C30H41N3O6/c1-18-16-20(10-15-24(18)35)25(26(36)32-29(2,3)4)33(21-11-12-21)27(37)23(31-28(38)39-30(5,6)7)17-19-8-13-22(34)14-9-19/h8-10,13-16,21,23,25,34-35H,11-12,17H2,1-7H3,(H,31,38)(H,32,36). The molecule has 0 spiro atoms. The summed E-state index contributed by atoms with van der Waals surface area (Å²) >= 11 is 0. The Hall–Kier alpha value is -3.75. The zero-order valence-electron chi connectivity index (χ0n) is 23.9. The molecule has 2 aromatic rings. The van der Waals surface area contributed by atoms with E-state index in [9.17, 15) is 24.6 Å². The maximum Gasteiger partial charge on any atom is 0.408 e. The number of carbonyl (C=O) groups is 3. The Labute approximate surface area is 230 Å². The van der Waals surface area contributed by atoms with Crippen molar-refractivity contribution in [1.82, 2.24) is 15.5 Å². The number of carbonyl (C=O) groups excluding carboxylic acids is 3. The van der Waals surface area contributed by atoms with Gasteiger partial charge in [0.2, 0.25) is 11.8 Å². The average Bonchev–Trinajstić information content (AvgIpc) is 3.62. The van der Waals surface area contributed by atoms with Crippen LogP contribution in [0.5, 0.6) is 11.5 Å². The number of benzene rings is 2. The molecule has 2 aromatic carbocycles. The first-order chi connectivity index (χ1) is 18.0. The maximum atomic E-state index is 14.3. The first-order valence-corrected chi connectivity index (χ1v) is 13.3. The van der Waals surface area contributed by atoms with Crippen LogP contribution in [0.2, 0.25) is 0 Å². The number of phenols is 2. The lowest BCUT2D eigenvalue weighted by Crippen LogP contribution is -2.55. The van der Waals surface area contributed by atoms with Gasteiger partial charge in [-0.1, -0.05) is 18.2 Å². The van der Waals surface area contributed by atoms with E-state index in [0.29, 0.717) is 16.7 Å². The van der Waals surface area contributed by atoms with E-state index in [0.717, 1.165) is 12.8 Å². The molecule has 3 rings (SSSR count). The number of nitrogens with zero attached hydrogens (tertiary/aromatic N) is 1. The summed E-state index contributed by atoms with van der Waals surface area (Å²) in [6.45, 7) is 12.5. The molecule has 1 aliphatic rings. The van der Waals surface area contributed by atoms with Gasteiger partial charge in [0.05, 0.1) is 0 Å². The predicted molar refractivity (Wildman–Crippen MR) is 148 cm³/mol. The minimum absolute atomic E-state index is 0.0861. The van der Waals surface area contributed by atoms with Crippen molar-refractivity contribution in [3.05, 3.63) is 59.2 Å². The number of aromatic hydroxyl groups is 2. The summed E-state index contributed by atoms with van der Waals surface area (Å²) in [5.41, 5.74) is 0.532. The van der Waals surface area contributed by atoms with Crippen molar-refractivity contribution < 1.29 is 29.3 Å². The van der Waals surface area contributed by atoms with E-state index in [-0.39, 0.29) is 29.9 Å². The van der Waals surface area contributed by atoms with Gasteiger partial charge in [0.15, 0.2) is 0 Å². The SMILES string of the molecule is Cc1cc(C(C(=O)NC(C)(C)C)N(C(=O)C(Cc2ccc(O)cc2)NC(=O)OC(C)(C)C)C2CC2)ccc1O. The highest BCUT2D eigenvalue weighted by atomic mass is 16.6. The Bertz CT molecular complexity index is 1190. The number of aryl methyl sites for hydroxylation is 1. The second-order valence-electron chi connectivity index (χ2n) is 12.2. The molecule has 3 amide bonds. The van der Waals surface area contributed by atoms with Crippen molar-refractivity contribution in [3.8, 4) is 11.5 Å². The molecule has 0 heterocycles. The van der Waals surface area contributed by atoms with Crippen LogP contribution in [0, 0.1) is 6.92 Å². The van der Waals surface area contributed by atoms with Gasteiger partial charge in [-0.2, -0.15) is 0 Å². The Morgan fingerprint density at radius 2 is 1.62 bits per heavy atom. The van der Waals surface area contributed by atoms with Crippen molar-refractivity contribution in [1.29, 1.82) is 0 Å². The van der Waals surface area contributed by atoms with Gasteiger partial charge in [-0.15, -0.1) is 0 Å². The van der Waals surface area contributed by atoms with Crippen LogP contribution in [-0.4, -0.2) is 56.2 Å². The number of rotatable bonds is 8. The number of hydrogen-bond acceptors (Lipinski definition) is 6. The number of phenolic OH excluding ortho intramolecular Hbond substituents is 2. The minimum atomic E-state index is -1.03. The second kappa shape index (κ2) is 11.6. The number of ether oxygens (including phenoxy) is 1. The zero-order chi connectivity index (χ0) is 29.1. The largest absolute Gasteiger partial charge is 0.508 e. The van der Waals surface area contributed by atoms with Crippen LogP contribution in [0.15, 0.2) is 42.5 Å². The highest BCUT2D eigenvalue weighted by Crippen LogP contribution is 2.37. The van der Waals surface area contributed by atoms with E-state index < -0.39 is 35.2 Å². The highest BCUT2D eigenvalue weighted by Gasteiger charge is 2.44. The second-order valence-corrected chi connectivity index (χ2v) is 12.2.